The van der Waals surface area contributed by atoms with Crippen molar-refractivity contribution in [2.24, 2.45) is 0 Å². The first-order valence-electron chi connectivity index (χ1n) is 10.0. The van der Waals surface area contributed by atoms with Crippen molar-refractivity contribution in [1.29, 1.82) is 0 Å². The van der Waals surface area contributed by atoms with Gasteiger partial charge in [-0.15, -0.1) is 0 Å². The molecule has 0 N–H and O–H groups in total. The fourth-order valence-corrected chi connectivity index (χ4v) is 3.82. The molecule has 0 saturated carbocycles. The zero-order chi connectivity index (χ0) is 19.9. The van der Waals surface area contributed by atoms with E-state index in [4.69, 9.17) is 10.1 Å². The number of aryl methyl sites for hydroxylation is 1. The Bertz CT molecular complexity index is 982. The van der Waals surface area contributed by atoms with Gasteiger partial charge in [-0.1, -0.05) is 39.0 Å². The molecule has 0 aliphatic carbocycles. The summed E-state index contributed by atoms with van der Waals surface area (Å²) in [6.07, 6.45) is 3.01. The predicted molar refractivity (Wildman–Crippen MR) is 112 cm³/mol. The maximum absolute atomic E-state index is 4.85. The standard InChI is InChI=1S/C23H29N5/c1-16-20(17(2)28(26-16)19-9-7-6-8-10-19)15-27-12-11-21-18(14-27)13-24-22(25-21)23(3,4)5/h6-10,13H,11-12,14-15H2,1-5H3. The number of fused-ring (bicyclic) bond motifs is 1. The average Bonchev–Trinajstić information content (AvgIpc) is 2.96. The molecule has 0 unspecified atom stereocenters. The summed E-state index contributed by atoms with van der Waals surface area (Å²) in [4.78, 5) is 12.0. The lowest BCUT2D eigenvalue weighted by Crippen LogP contribution is -2.32. The minimum Gasteiger partial charge on any atom is -0.294 e. The van der Waals surface area contributed by atoms with Crippen molar-refractivity contribution in [3.05, 3.63) is 70.6 Å². The van der Waals surface area contributed by atoms with Crippen LogP contribution >= 0.6 is 0 Å². The minimum atomic E-state index is -0.00753. The van der Waals surface area contributed by atoms with E-state index in [1.807, 2.05) is 12.3 Å². The van der Waals surface area contributed by atoms with Gasteiger partial charge < -0.3 is 0 Å². The van der Waals surface area contributed by atoms with Crippen LogP contribution < -0.4 is 0 Å². The van der Waals surface area contributed by atoms with E-state index < -0.39 is 0 Å². The van der Waals surface area contributed by atoms with E-state index in [-0.39, 0.29) is 5.41 Å². The highest BCUT2D eigenvalue weighted by atomic mass is 15.3. The molecule has 3 aromatic rings. The Morgan fingerprint density at radius 2 is 1.82 bits per heavy atom. The smallest absolute Gasteiger partial charge is 0.133 e. The van der Waals surface area contributed by atoms with Crippen molar-refractivity contribution in [2.75, 3.05) is 6.54 Å². The van der Waals surface area contributed by atoms with E-state index in [0.717, 1.165) is 43.3 Å². The Morgan fingerprint density at radius 1 is 1.07 bits per heavy atom. The Morgan fingerprint density at radius 3 is 2.54 bits per heavy atom. The largest absolute Gasteiger partial charge is 0.294 e. The Kier molecular flexibility index (Phi) is 4.79. The van der Waals surface area contributed by atoms with Crippen LogP contribution in [0.1, 0.15) is 54.8 Å². The van der Waals surface area contributed by atoms with Gasteiger partial charge in [0.15, 0.2) is 0 Å². The minimum absolute atomic E-state index is 0.00753. The molecule has 0 radical (unpaired) electrons. The van der Waals surface area contributed by atoms with Gasteiger partial charge >= 0.3 is 0 Å². The third-order valence-electron chi connectivity index (χ3n) is 5.51. The SMILES string of the molecule is Cc1nn(-c2ccccc2)c(C)c1CN1CCc2nc(C(C)(C)C)ncc2C1. The molecular formula is C23H29N5. The first-order chi connectivity index (χ1) is 13.3. The molecule has 146 valence electrons. The molecule has 2 aromatic heterocycles. The highest BCUT2D eigenvalue weighted by Crippen LogP contribution is 2.25. The topological polar surface area (TPSA) is 46.8 Å². The molecule has 1 aliphatic rings. The summed E-state index contributed by atoms with van der Waals surface area (Å²) < 4.78 is 2.06. The van der Waals surface area contributed by atoms with E-state index in [2.05, 4.69) is 73.4 Å². The maximum Gasteiger partial charge on any atom is 0.133 e. The summed E-state index contributed by atoms with van der Waals surface area (Å²) in [6.45, 7) is 13.6. The van der Waals surface area contributed by atoms with Crippen molar-refractivity contribution in [3.8, 4) is 5.69 Å². The number of rotatable bonds is 3. The Labute approximate surface area is 167 Å². The molecule has 5 nitrogen and oxygen atoms in total. The average molecular weight is 376 g/mol. The lowest BCUT2D eigenvalue weighted by Gasteiger charge is -2.29. The van der Waals surface area contributed by atoms with Gasteiger partial charge in [0.05, 0.1) is 11.4 Å². The van der Waals surface area contributed by atoms with Gasteiger partial charge in [0.25, 0.3) is 0 Å². The molecule has 0 amide bonds. The lowest BCUT2D eigenvalue weighted by molar-refractivity contribution is 0.241. The van der Waals surface area contributed by atoms with Crippen LogP contribution in [-0.4, -0.2) is 31.2 Å². The van der Waals surface area contributed by atoms with Crippen LogP contribution in [0.3, 0.4) is 0 Å². The summed E-state index contributed by atoms with van der Waals surface area (Å²) in [7, 11) is 0. The first-order valence-corrected chi connectivity index (χ1v) is 10.0. The fraction of sp³-hybridized carbons (Fsp3) is 0.435. The van der Waals surface area contributed by atoms with E-state index in [1.165, 1.54) is 22.5 Å². The van der Waals surface area contributed by atoms with Crippen molar-refractivity contribution in [1.82, 2.24) is 24.6 Å². The molecule has 1 aromatic carbocycles. The van der Waals surface area contributed by atoms with Gasteiger partial charge in [-0.05, 0) is 26.0 Å². The molecule has 0 atom stereocenters. The number of para-hydroxylation sites is 1. The van der Waals surface area contributed by atoms with Crippen LogP contribution in [0.15, 0.2) is 36.5 Å². The molecule has 0 spiro atoms. The van der Waals surface area contributed by atoms with Crippen LogP contribution in [0, 0.1) is 13.8 Å². The Hall–Kier alpha value is -2.53. The fourth-order valence-electron chi connectivity index (χ4n) is 3.82. The van der Waals surface area contributed by atoms with E-state index >= 15 is 0 Å². The predicted octanol–water partition coefficient (Wildman–Crippen LogP) is 4.13. The second-order valence-corrected chi connectivity index (χ2v) is 8.77. The van der Waals surface area contributed by atoms with Crippen LogP contribution in [0.4, 0.5) is 0 Å². The monoisotopic (exact) mass is 375 g/mol. The van der Waals surface area contributed by atoms with Crippen LogP contribution in [0.25, 0.3) is 5.69 Å². The van der Waals surface area contributed by atoms with Gasteiger partial charge in [0.2, 0.25) is 0 Å². The normalized spacial score (nSPS) is 14.9. The molecule has 4 rings (SSSR count). The maximum atomic E-state index is 4.85. The van der Waals surface area contributed by atoms with Crippen LogP contribution in [0.5, 0.6) is 0 Å². The van der Waals surface area contributed by atoms with E-state index in [9.17, 15) is 0 Å². The number of hydrogen-bond acceptors (Lipinski definition) is 4. The molecule has 0 fully saturated rings. The molecule has 5 heteroatoms. The summed E-state index contributed by atoms with van der Waals surface area (Å²) in [5.41, 5.74) is 7.21. The van der Waals surface area contributed by atoms with Gasteiger partial charge in [-0.25, -0.2) is 14.6 Å². The van der Waals surface area contributed by atoms with E-state index in [0.29, 0.717) is 0 Å². The zero-order valence-corrected chi connectivity index (χ0v) is 17.5. The Balaban J connectivity index is 1.55. The van der Waals surface area contributed by atoms with Gasteiger partial charge in [0, 0.05) is 60.2 Å². The van der Waals surface area contributed by atoms with Crippen LogP contribution in [0.2, 0.25) is 0 Å². The molecule has 0 saturated heterocycles. The van der Waals surface area contributed by atoms with Crippen molar-refractivity contribution in [2.45, 2.75) is 59.5 Å². The molecule has 28 heavy (non-hydrogen) atoms. The number of aromatic nitrogens is 4. The lowest BCUT2D eigenvalue weighted by atomic mass is 9.95. The summed E-state index contributed by atoms with van der Waals surface area (Å²) >= 11 is 0. The molecule has 1 aliphatic heterocycles. The zero-order valence-electron chi connectivity index (χ0n) is 17.5. The number of hydrogen-bond donors (Lipinski definition) is 0. The molecular weight excluding hydrogens is 346 g/mol. The highest BCUT2D eigenvalue weighted by molar-refractivity contribution is 5.37. The van der Waals surface area contributed by atoms with Gasteiger partial charge in [-0.3, -0.25) is 4.90 Å². The van der Waals surface area contributed by atoms with Crippen molar-refractivity contribution >= 4 is 0 Å². The molecule has 0 bridgehead atoms. The third kappa shape index (κ3) is 3.59. The van der Waals surface area contributed by atoms with Crippen LogP contribution in [-0.2, 0) is 24.9 Å². The van der Waals surface area contributed by atoms with E-state index in [1.54, 1.807) is 0 Å². The summed E-state index contributed by atoms with van der Waals surface area (Å²) in [5.74, 6) is 0.940. The van der Waals surface area contributed by atoms with Crippen molar-refractivity contribution < 1.29 is 0 Å². The summed E-state index contributed by atoms with van der Waals surface area (Å²) in [6, 6.07) is 10.3. The molecule has 3 heterocycles. The third-order valence-corrected chi connectivity index (χ3v) is 5.51. The second kappa shape index (κ2) is 7.13. The number of benzene rings is 1. The van der Waals surface area contributed by atoms with Gasteiger partial charge in [0.1, 0.15) is 5.82 Å². The number of nitrogens with zero attached hydrogens (tertiary/aromatic N) is 5. The second-order valence-electron chi connectivity index (χ2n) is 8.77. The van der Waals surface area contributed by atoms with Crippen molar-refractivity contribution in [3.63, 3.8) is 0 Å². The van der Waals surface area contributed by atoms with Gasteiger partial charge in [-0.2, -0.15) is 5.10 Å². The first kappa shape index (κ1) is 18.8. The summed E-state index contributed by atoms with van der Waals surface area (Å²) in [5, 5.41) is 4.79. The quantitative estimate of drug-likeness (QED) is 0.690. The highest BCUT2D eigenvalue weighted by Gasteiger charge is 2.24.